The molecule has 1 aliphatic heterocycles. The number of carbonyl (C=O) groups excluding carboxylic acids is 1. The maximum atomic E-state index is 12.1. The minimum Gasteiger partial charge on any atom is -0.462 e. The van der Waals surface area contributed by atoms with Gasteiger partial charge in [-0.3, -0.25) is 4.79 Å². The third-order valence-electron chi connectivity index (χ3n) is 6.37. The number of cyclic esters (lactones) is 1. The summed E-state index contributed by atoms with van der Waals surface area (Å²) in [4.78, 5) is 12.1. The molecule has 0 aliphatic carbocycles. The number of rotatable bonds is 6. The van der Waals surface area contributed by atoms with Crippen molar-refractivity contribution in [3.05, 3.63) is 60.7 Å². The molecule has 2 aromatic rings. The summed E-state index contributed by atoms with van der Waals surface area (Å²) < 4.78 is 12.8. The van der Waals surface area contributed by atoms with Gasteiger partial charge in [0.2, 0.25) is 0 Å². The van der Waals surface area contributed by atoms with E-state index in [4.69, 9.17) is 9.16 Å². The Balaban J connectivity index is 1.94. The molecule has 0 saturated carbocycles. The summed E-state index contributed by atoms with van der Waals surface area (Å²) >= 11 is 0. The predicted molar refractivity (Wildman–Crippen MR) is 126 cm³/mol. The molecule has 3 atom stereocenters. The standard InChI is InChI=1S/C26H36O3Si/c1-20-16-17-25(27)29-24(18-20)21(2)19-28-30(26(3,4)5,22-12-8-6-9-13-22)23-14-10-7-11-15-23/h6-15,20-21,24H,16-19H2,1-5H3/t20-,21+,24+/m1/s1. The Labute approximate surface area is 182 Å². The van der Waals surface area contributed by atoms with Crippen molar-refractivity contribution in [2.24, 2.45) is 11.8 Å². The lowest BCUT2D eigenvalue weighted by Crippen LogP contribution is -2.67. The number of benzene rings is 2. The molecule has 4 heteroatoms. The molecule has 3 nitrogen and oxygen atoms in total. The molecule has 0 aromatic heterocycles. The van der Waals surface area contributed by atoms with Crippen LogP contribution in [0.2, 0.25) is 5.04 Å². The van der Waals surface area contributed by atoms with E-state index in [1.165, 1.54) is 10.4 Å². The van der Waals surface area contributed by atoms with Gasteiger partial charge < -0.3 is 9.16 Å². The molecule has 0 unspecified atom stereocenters. The van der Waals surface area contributed by atoms with E-state index in [2.05, 4.69) is 95.3 Å². The number of carbonyl (C=O) groups is 1. The van der Waals surface area contributed by atoms with Gasteiger partial charge >= 0.3 is 5.97 Å². The van der Waals surface area contributed by atoms with E-state index < -0.39 is 8.32 Å². The van der Waals surface area contributed by atoms with Crippen LogP contribution in [-0.2, 0) is 14.0 Å². The first-order valence-electron chi connectivity index (χ1n) is 11.2. The summed E-state index contributed by atoms with van der Waals surface area (Å²) in [5, 5.41) is 2.51. The molecule has 162 valence electrons. The molecule has 2 aromatic carbocycles. The highest BCUT2D eigenvalue weighted by Crippen LogP contribution is 2.37. The molecule has 0 bridgehead atoms. The summed E-state index contributed by atoms with van der Waals surface area (Å²) in [5.74, 6) is 0.578. The highest BCUT2D eigenvalue weighted by Gasteiger charge is 2.50. The average molecular weight is 425 g/mol. The van der Waals surface area contributed by atoms with Crippen LogP contribution in [0.5, 0.6) is 0 Å². The van der Waals surface area contributed by atoms with Gasteiger partial charge in [-0.2, -0.15) is 0 Å². The topological polar surface area (TPSA) is 35.5 Å². The Morgan fingerprint density at radius 2 is 1.57 bits per heavy atom. The highest BCUT2D eigenvalue weighted by atomic mass is 28.4. The van der Waals surface area contributed by atoms with E-state index in [0.29, 0.717) is 18.9 Å². The van der Waals surface area contributed by atoms with E-state index >= 15 is 0 Å². The normalized spacial score (nSPS) is 21.6. The summed E-state index contributed by atoms with van der Waals surface area (Å²) in [6.45, 7) is 11.8. The van der Waals surface area contributed by atoms with Crippen LogP contribution in [0, 0.1) is 11.8 Å². The molecule has 1 aliphatic rings. The number of hydrogen-bond acceptors (Lipinski definition) is 3. The van der Waals surface area contributed by atoms with Crippen LogP contribution >= 0.6 is 0 Å². The first-order chi connectivity index (χ1) is 14.2. The molecule has 30 heavy (non-hydrogen) atoms. The van der Waals surface area contributed by atoms with Gasteiger partial charge in [-0.25, -0.2) is 0 Å². The minimum atomic E-state index is -2.56. The second kappa shape index (κ2) is 9.48. The van der Waals surface area contributed by atoms with Crippen molar-refractivity contribution in [2.45, 2.75) is 65.0 Å². The smallest absolute Gasteiger partial charge is 0.306 e. The van der Waals surface area contributed by atoms with Crippen molar-refractivity contribution in [1.29, 1.82) is 0 Å². The fraction of sp³-hybridized carbons (Fsp3) is 0.500. The predicted octanol–water partition coefficient (Wildman–Crippen LogP) is 4.93. The third-order valence-corrected chi connectivity index (χ3v) is 11.4. The molecule has 0 N–H and O–H groups in total. The Morgan fingerprint density at radius 1 is 1.03 bits per heavy atom. The lowest BCUT2D eigenvalue weighted by Gasteiger charge is -2.44. The first-order valence-corrected chi connectivity index (χ1v) is 13.1. The van der Waals surface area contributed by atoms with Gasteiger partial charge in [-0.1, -0.05) is 95.3 Å². The molecule has 3 rings (SSSR count). The Bertz CT molecular complexity index is 774. The van der Waals surface area contributed by atoms with E-state index in [9.17, 15) is 4.79 Å². The van der Waals surface area contributed by atoms with Crippen LogP contribution in [0.3, 0.4) is 0 Å². The van der Waals surface area contributed by atoms with Crippen LogP contribution in [0.4, 0.5) is 0 Å². The number of ether oxygens (including phenoxy) is 1. The monoisotopic (exact) mass is 424 g/mol. The molecule has 1 saturated heterocycles. The quantitative estimate of drug-likeness (QED) is 0.487. The number of esters is 1. The van der Waals surface area contributed by atoms with Crippen LogP contribution in [0.25, 0.3) is 0 Å². The maximum Gasteiger partial charge on any atom is 0.306 e. The van der Waals surface area contributed by atoms with Crippen LogP contribution < -0.4 is 10.4 Å². The van der Waals surface area contributed by atoms with Crippen molar-refractivity contribution in [3.8, 4) is 0 Å². The van der Waals surface area contributed by atoms with Crippen molar-refractivity contribution in [1.82, 2.24) is 0 Å². The molecule has 0 amide bonds. The second-order valence-electron chi connectivity index (χ2n) is 9.86. The first kappa shape index (κ1) is 22.8. The average Bonchev–Trinajstić information content (AvgIpc) is 2.89. The maximum absolute atomic E-state index is 12.1. The zero-order chi connectivity index (χ0) is 21.8. The highest BCUT2D eigenvalue weighted by molar-refractivity contribution is 6.99. The van der Waals surface area contributed by atoms with Crippen molar-refractivity contribution in [2.75, 3.05) is 6.61 Å². The fourth-order valence-corrected chi connectivity index (χ4v) is 9.30. The van der Waals surface area contributed by atoms with E-state index in [1.54, 1.807) is 0 Å². The molecule has 1 heterocycles. The van der Waals surface area contributed by atoms with Gasteiger partial charge in [0.1, 0.15) is 6.10 Å². The molecular formula is C26H36O3Si. The largest absolute Gasteiger partial charge is 0.462 e. The van der Waals surface area contributed by atoms with Crippen LogP contribution in [-0.4, -0.2) is 27.0 Å². The minimum absolute atomic E-state index is 0.0527. The van der Waals surface area contributed by atoms with Gasteiger partial charge in [-0.05, 0) is 34.2 Å². The van der Waals surface area contributed by atoms with Gasteiger partial charge in [0.05, 0.1) is 0 Å². The molecular weight excluding hydrogens is 388 g/mol. The van der Waals surface area contributed by atoms with Gasteiger partial charge in [0.15, 0.2) is 0 Å². The van der Waals surface area contributed by atoms with E-state index in [1.807, 2.05) is 0 Å². The van der Waals surface area contributed by atoms with Crippen molar-refractivity contribution in [3.63, 3.8) is 0 Å². The lowest BCUT2D eigenvalue weighted by atomic mass is 9.94. The summed E-state index contributed by atoms with van der Waals surface area (Å²) in [6, 6.07) is 21.4. The van der Waals surface area contributed by atoms with Crippen molar-refractivity contribution >= 4 is 24.7 Å². The molecule has 1 fully saturated rings. The van der Waals surface area contributed by atoms with E-state index in [-0.39, 0.29) is 23.0 Å². The number of hydrogen-bond donors (Lipinski definition) is 0. The second-order valence-corrected chi connectivity index (χ2v) is 14.2. The third kappa shape index (κ3) is 4.87. The fourth-order valence-electron chi connectivity index (χ4n) is 4.63. The van der Waals surface area contributed by atoms with Crippen molar-refractivity contribution < 1.29 is 14.0 Å². The lowest BCUT2D eigenvalue weighted by molar-refractivity contribution is -0.150. The van der Waals surface area contributed by atoms with Crippen LogP contribution in [0.1, 0.15) is 53.9 Å². The zero-order valence-electron chi connectivity index (χ0n) is 19.1. The molecule has 0 radical (unpaired) electrons. The Kier molecular flexibility index (Phi) is 7.20. The van der Waals surface area contributed by atoms with Gasteiger partial charge in [0.25, 0.3) is 8.32 Å². The Morgan fingerprint density at radius 3 is 2.07 bits per heavy atom. The molecule has 0 spiro atoms. The summed E-state index contributed by atoms with van der Waals surface area (Å²) in [6.07, 6.45) is 2.28. The summed E-state index contributed by atoms with van der Waals surface area (Å²) in [5.41, 5.74) is 0. The van der Waals surface area contributed by atoms with Gasteiger partial charge in [-0.15, -0.1) is 0 Å². The van der Waals surface area contributed by atoms with Gasteiger partial charge in [0, 0.05) is 18.9 Å². The van der Waals surface area contributed by atoms with E-state index in [0.717, 1.165) is 12.8 Å². The van der Waals surface area contributed by atoms with Crippen LogP contribution in [0.15, 0.2) is 60.7 Å². The summed E-state index contributed by atoms with van der Waals surface area (Å²) in [7, 11) is -2.56. The SMILES string of the molecule is C[C@@H]1CCC(=O)O[C@H]([C@@H](C)CO[Si](c2ccccc2)(c2ccccc2)C(C)(C)C)C1. The zero-order valence-corrected chi connectivity index (χ0v) is 20.1. The Hall–Kier alpha value is -1.91.